The lowest BCUT2D eigenvalue weighted by Gasteiger charge is -2.34. The number of guanidine groups is 1. The van der Waals surface area contributed by atoms with Gasteiger partial charge in [0.05, 0.1) is 6.26 Å². The standard InChI is InChI=1S/C20H34N4O2/c1-4-5-11-21-20(22-12-8-18-7-6-15-26-18)23-17-9-13-24(14-10-17)19(25)16(2)3/h6-7,15-17H,4-5,8-14H2,1-3H3,(H2,21,22,23). The molecule has 1 fully saturated rings. The van der Waals surface area contributed by atoms with Gasteiger partial charge in [-0.1, -0.05) is 27.2 Å². The molecule has 1 saturated heterocycles. The molecule has 146 valence electrons. The Morgan fingerprint density at radius 2 is 2.15 bits per heavy atom. The Hall–Kier alpha value is -1.98. The van der Waals surface area contributed by atoms with Crippen LogP contribution in [-0.2, 0) is 11.2 Å². The number of nitrogens with zero attached hydrogens (tertiary/aromatic N) is 2. The van der Waals surface area contributed by atoms with Gasteiger partial charge in [0.25, 0.3) is 0 Å². The van der Waals surface area contributed by atoms with E-state index in [4.69, 9.17) is 9.41 Å². The number of piperidine rings is 1. The van der Waals surface area contributed by atoms with E-state index in [1.54, 1.807) is 6.26 Å². The molecule has 2 N–H and O–H groups in total. The average molecular weight is 363 g/mol. The van der Waals surface area contributed by atoms with Gasteiger partial charge in [0.2, 0.25) is 5.91 Å². The molecule has 1 aliphatic heterocycles. The van der Waals surface area contributed by atoms with Gasteiger partial charge in [-0.2, -0.15) is 0 Å². The maximum absolute atomic E-state index is 12.1. The van der Waals surface area contributed by atoms with Gasteiger partial charge in [-0.25, -0.2) is 0 Å². The van der Waals surface area contributed by atoms with Crippen molar-refractivity contribution in [3.8, 4) is 0 Å². The summed E-state index contributed by atoms with van der Waals surface area (Å²) in [5.74, 6) is 2.19. The van der Waals surface area contributed by atoms with E-state index in [9.17, 15) is 4.79 Å². The second-order valence-electron chi connectivity index (χ2n) is 7.24. The van der Waals surface area contributed by atoms with Crippen molar-refractivity contribution < 1.29 is 9.21 Å². The molecule has 2 rings (SSSR count). The van der Waals surface area contributed by atoms with E-state index in [0.29, 0.717) is 6.04 Å². The highest BCUT2D eigenvalue weighted by Gasteiger charge is 2.24. The van der Waals surface area contributed by atoms with Crippen LogP contribution >= 0.6 is 0 Å². The van der Waals surface area contributed by atoms with Gasteiger partial charge < -0.3 is 20.0 Å². The molecule has 2 heterocycles. The molecule has 0 radical (unpaired) electrons. The molecule has 1 amide bonds. The van der Waals surface area contributed by atoms with Gasteiger partial charge in [-0.15, -0.1) is 0 Å². The predicted molar refractivity (Wildman–Crippen MR) is 105 cm³/mol. The number of carbonyl (C=O) groups is 1. The fourth-order valence-corrected chi connectivity index (χ4v) is 3.06. The highest BCUT2D eigenvalue weighted by molar-refractivity contribution is 5.80. The van der Waals surface area contributed by atoms with Crippen LogP contribution in [-0.4, -0.2) is 49.0 Å². The highest BCUT2D eigenvalue weighted by atomic mass is 16.3. The van der Waals surface area contributed by atoms with E-state index in [1.807, 2.05) is 30.9 Å². The number of unbranched alkanes of at least 4 members (excludes halogenated alkanes) is 1. The van der Waals surface area contributed by atoms with Crippen LogP contribution in [0.2, 0.25) is 0 Å². The Bertz CT molecular complexity index is 546. The summed E-state index contributed by atoms with van der Waals surface area (Å²) in [6, 6.07) is 4.27. The second-order valence-corrected chi connectivity index (χ2v) is 7.24. The van der Waals surface area contributed by atoms with Crippen LogP contribution in [0.25, 0.3) is 0 Å². The smallest absolute Gasteiger partial charge is 0.225 e. The quantitative estimate of drug-likeness (QED) is 0.424. The fourth-order valence-electron chi connectivity index (χ4n) is 3.06. The molecule has 0 aliphatic carbocycles. The number of amides is 1. The van der Waals surface area contributed by atoms with Crippen LogP contribution in [0.5, 0.6) is 0 Å². The molecule has 0 saturated carbocycles. The minimum atomic E-state index is 0.0777. The molecule has 1 aromatic heterocycles. The van der Waals surface area contributed by atoms with Crippen LogP contribution < -0.4 is 10.6 Å². The maximum atomic E-state index is 12.1. The van der Waals surface area contributed by atoms with Crippen molar-refractivity contribution in [1.29, 1.82) is 0 Å². The lowest BCUT2D eigenvalue weighted by molar-refractivity contribution is -0.135. The number of hydrogen-bond acceptors (Lipinski definition) is 3. The van der Waals surface area contributed by atoms with E-state index < -0.39 is 0 Å². The van der Waals surface area contributed by atoms with Crippen LogP contribution in [0.1, 0.15) is 52.2 Å². The zero-order valence-corrected chi connectivity index (χ0v) is 16.5. The third-order valence-corrected chi connectivity index (χ3v) is 4.67. The van der Waals surface area contributed by atoms with E-state index in [-0.39, 0.29) is 11.8 Å². The fraction of sp³-hybridized carbons (Fsp3) is 0.700. The number of hydrogen-bond donors (Lipinski definition) is 2. The van der Waals surface area contributed by atoms with Gasteiger partial charge in [-0.05, 0) is 31.4 Å². The van der Waals surface area contributed by atoms with Gasteiger partial charge in [0.15, 0.2) is 5.96 Å². The summed E-state index contributed by atoms with van der Waals surface area (Å²) < 4.78 is 5.38. The highest BCUT2D eigenvalue weighted by Crippen LogP contribution is 2.13. The molecule has 6 heteroatoms. The molecule has 26 heavy (non-hydrogen) atoms. The number of aliphatic imine (C=N–C) groups is 1. The normalized spacial score (nSPS) is 16.2. The zero-order valence-electron chi connectivity index (χ0n) is 16.5. The summed E-state index contributed by atoms with van der Waals surface area (Å²) in [5, 5.41) is 6.97. The SMILES string of the molecule is CCCCN=C(NCCc1ccco1)NC1CCN(C(=O)C(C)C)CC1. The Morgan fingerprint density at radius 1 is 1.38 bits per heavy atom. The van der Waals surface area contributed by atoms with E-state index in [2.05, 4.69) is 17.6 Å². The van der Waals surface area contributed by atoms with E-state index >= 15 is 0 Å². The maximum Gasteiger partial charge on any atom is 0.225 e. The van der Waals surface area contributed by atoms with E-state index in [0.717, 1.165) is 70.0 Å². The Balaban J connectivity index is 1.80. The largest absolute Gasteiger partial charge is 0.469 e. The molecule has 0 unspecified atom stereocenters. The third kappa shape index (κ3) is 6.73. The molecular formula is C20H34N4O2. The summed E-state index contributed by atoms with van der Waals surface area (Å²) >= 11 is 0. The minimum absolute atomic E-state index is 0.0777. The molecule has 0 aromatic carbocycles. The Labute approximate surface area is 157 Å². The van der Waals surface area contributed by atoms with Crippen molar-refractivity contribution in [1.82, 2.24) is 15.5 Å². The Kier molecular flexibility index (Phi) is 8.51. The van der Waals surface area contributed by atoms with Crippen LogP contribution in [0, 0.1) is 5.92 Å². The lowest BCUT2D eigenvalue weighted by Crippen LogP contribution is -2.50. The van der Waals surface area contributed by atoms with Crippen LogP contribution in [0.15, 0.2) is 27.8 Å². The summed E-state index contributed by atoms with van der Waals surface area (Å²) in [4.78, 5) is 18.8. The number of rotatable bonds is 8. The lowest BCUT2D eigenvalue weighted by atomic mass is 10.0. The summed E-state index contributed by atoms with van der Waals surface area (Å²) in [6.07, 6.45) is 6.69. The van der Waals surface area contributed by atoms with Crippen molar-refractivity contribution in [3.63, 3.8) is 0 Å². The van der Waals surface area contributed by atoms with Gasteiger partial charge in [0, 0.05) is 44.6 Å². The van der Waals surface area contributed by atoms with Crippen molar-refractivity contribution in [2.45, 2.75) is 58.9 Å². The van der Waals surface area contributed by atoms with Crippen LogP contribution in [0.3, 0.4) is 0 Å². The summed E-state index contributed by atoms with van der Waals surface area (Å²) in [5.41, 5.74) is 0. The first-order chi connectivity index (χ1) is 12.6. The minimum Gasteiger partial charge on any atom is -0.469 e. The zero-order chi connectivity index (χ0) is 18.8. The first kappa shape index (κ1) is 20.3. The van der Waals surface area contributed by atoms with Gasteiger partial charge in [0.1, 0.15) is 5.76 Å². The number of furan rings is 1. The first-order valence-electron chi connectivity index (χ1n) is 9.96. The third-order valence-electron chi connectivity index (χ3n) is 4.67. The number of likely N-dealkylation sites (tertiary alicyclic amines) is 1. The molecule has 1 aromatic rings. The summed E-state index contributed by atoms with van der Waals surface area (Å²) in [7, 11) is 0. The predicted octanol–water partition coefficient (Wildman–Crippen LogP) is 2.80. The van der Waals surface area contributed by atoms with Crippen molar-refractivity contribution in [2.75, 3.05) is 26.2 Å². The molecule has 0 bridgehead atoms. The average Bonchev–Trinajstić information content (AvgIpc) is 3.15. The molecule has 0 atom stereocenters. The van der Waals surface area contributed by atoms with E-state index in [1.165, 1.54) is 0 Å². The van der Waals surface area contributed by atoms with Gasteiger partial charge >= 0.3 is 0 Å². The summed E-state index contributed by atoms with van der Waals surface area (Å²) in [6.45, 7) is 9.37. The number of nitrogens with one attached hydrogen (secondary N) is 2. The first-order valence-corrected chi connectivity index (χ1v) is 9.96. The molecular weight excluding hydrogens is 328 g/mol. The monoisotopic (exact) mass is 362 g/mol. The Morgan fingerprint density at radius 3 is 2.77 bits per heavy atom. The second kappa shape index (κ2) is 10.9. The van der Waals surface area contributed by atoms with Crippen molar-refractivity contribution >= 4 is 11.9 Å². The number of carbonyl (C=O) groups excluding carboxylic acids is 1. The van der Waals surface area contributed by atoms with Gasteiger partial charge in [-0.3, -0.25) is 9.79 Å². The van der Waals surface area contributed by atoms with Crippen LogP contribution in [0.4, 0.5) is 0 Å². The molecule has 6 nitrogen and oxygen atoms in total. The van der Waals surface area contributed by atoms with Crippen molar-refractivity contribution in [3.05, 3.63) is 24.2 Å². The van der Waals surface area contributed by atoms with Crippen molar-refractivity contribution in [2.24, 2.45) is 10.9 Å². The topological polar surface area (TPSA) is 69.9 Å². The molecule has 1 aliphatic rings. The molecule has 0 spiro atoms.